The number of aryl methyl sites for hydroxylation is 1. The number of rotatable bonds is 3. The molecule has 2 saturated heterocycles. The van der Waals surface area contributed by atoms with Crippen LogP contribution in [0.4, 0.5) is 5.69 Å². The molecule has 0 saturated carbocycles. The maximum Gasteiger partial charge on any atom is 0.283 e. The molecule has 0 aromatic carbocycles. The van der Waals surface area contributed by atoms with Crippen molar-refractivity contribution in [3.8, 4) is 0 Å². The van der Waals surface area contributed by atoms with Gasteiger partial charge in [0.25, 0.3) is 5.56 Å². The highest BCUT2D eigenvalue weighted by Crippen LogP contribution is 2.38. The van der Waals surface area contributed by atoms with Crippen molar-refractivity contribution in [2.75, 3.05) is 24.5 Å². The van der Waals surface area contributed by atoms with Gasteiger partial charge in [0.2, 0.25) is 0 Å². The first-order chi connectivity index (χ1) is 9.67. The monoisotopic (exact) mass is 340 g/mol. The van der Waals surface area contributed by atoms with E-state index >= 15 is 0 Å². The van der Waals surface area contributed by atoms with E-state index in [1.807, 2.05) is 13.1 Å². The van der Waals surface area contributed by atoms with Crippen LogP contribution >= 0.6 is 15.9 Å². The van der Waals surface area contributed by atoms with Gasteiger partial charge in [-0.25, -0.2) is 4.68 Å². The van der Waals surface area contributed by atoms with E-state index in [0.717, 1.165) is 31.7 Å². The average Bonchev–Trinajstić information content (AvgIpc) is 3.02. The lowest BCUT2D eigenvalue weighted by Gasteiger charge is -2.29. The molecule has 20 heavy (non-hydrogen) atoms. The quantitative estimate of drug-likeness (QED) is 0.904. The maximum absolute atomic E-state index is 12.2. The smallest absolute Gasteiger partial charge is 0.283 e. The van der Waals surface area contributed by atoms with Crippen molar-refractivity contribution in [3.05, 3.63) is 21.0 Å². The summed E-state index contributed by atoms with van der Waals surface area (Å²) in [5.41, 5.74) is 0.927. The average molecular weight is 341 g/mol. The molecular formula is C14H21BrN4O. The molecule has 1 N–H and O–H groups in total. The number of anilines is 1. The molecule has 110 valence electrons. The minimum atomic E-state index is -0.0324. The number of nitrogens with zero attached hydrogens (tertiary/aromatic N) is 3. The van der Waals surface area contributed by atoms with Crippen molar-refractivity contribution in [3.63, 3.8) is 0 Å². The molecule has 6 heteroatoms. The second-order valence-corrected chi connectivity index (χ2v) is 6.47. The van der Waals surface area contributed by atoms with Crippen LogP contribution in [0.1, 0.15) is 20.3 Å². The van der Waals surface area contributed by atoms with Crippen molar-refractivity contribution in [1.29, 1.82) is 0 Å². The Morgan fingerprint density at radius 1 is 1.45 bits per heavy atom. The van der Waals surface area contributed by atoms with Gasteiger partial charge in [-0.05, 0) is 41.1 Å². The second kappa shape index (κ2) is 5.48. The Hall–Kier alpha value is -0.880. The molecule has 0 amide bonds. The summed E-state index contributed by atoms with van der Waals surface area (Å²) in [6, 6.07) is 0.505. The molecule has 2 fully saturated rings. The molecule has 0 aliphatic carbocycles. The first-order valence-corrected chi connectivity index (χ1v) is 8.19. The molecule has 1 aromatic heterocycles. The Labute approximate surface area is 127 Å². The minimum Gasteiger partial charge on any atom is -0.366 e. The summed E-state index contributed by atoms with van der Waals surface area (Å²) in [4.78, 5) is 14.6. The first-order valence-electron chi connectivity index (χ1n) is 7.40. The van der Waals surface area contributed by atoms with Crippen LogP contribution < -0.4 is 15.8 Å². The summed E-state index contributed by atoms with van der Waals surface area (Å²) in [7, 11) is 0. The molecule has 0 spiro atoms. The van der Waals surface area contributed by atoms with Crippen LogP contribution in [-0.4, -0.2) is 35.5 Å². The topological polar surface area (TPSA) is 50.2 Å². The third-order valence-corrected chi connectivity index (χ3v) is 5.46. The predicted octanol–water partition coefficient (Wildman–Crippen LogP) is 1.46. The molecule has 3 heterocycles. The number of hydrogen-bond donors (Lipinski definition) is 1. The van der Waals surface area contributed by atoms with Crippen LogP contribution in [0, 0.1) is 11.8 Å². The van der Waals surface area contributed by atoms with E-state index in [-0.39, 0.29) is 5.56 Å². The lowest BCUT2D eigenvalue weighted by Crippen LogP contribution is -2.37. The zero-order valence-corrected chi connectivity index (χ0v) is 13.6. The predicted molar refractivity (Wildman–Crippen MR) is 83.1 cm³/mol. The van der Waals surface area contributed by atoms with Gasteiger partial charge in [-0.3, -0.25) is 4.79 Å². The molecule has 3 rings (SSSR count). The Balaban J connectivity index is 1.97. The molecule has 2 aliphatic rings. The first kappa shape index (κ1) is 14.1. The maximum atomic E-state index is 12.2. The van der Waals surface area contributed by atoms with Crippen molar-refractivity contribution >= 4 is 21.6 Å². The van der Waals surface area contributed by atoms with Gasteiger partial charge < -0.3 is 10.2 Å². The van der Waals surface area contributed by atoms with Gasteiger partial charge in [-0.15, -0.1) is 0 Å². The number of hydrogen-bond acceptors (Lipinski definition) is 4. The Kier molecular flexibility index (Phi) is 3.86. The Bertz CT molecular complexity index is 559. The molecule has 1 aromatic rings. The summed E-state index contributed by atoms with van der Waals surface area (Å²) in [5, 5.41) is 7.77. The molecule has 3 unspecified atom stereocenters. The van der Waals surface area contributed by atoms with Crippen LogP contribution in [-0.2, 0) is 6.54 Å². The van der Waals surface area contributed by atoms with Crippen LogP contribution in [0.5, 0.6) is 0 Å². The summed E-state index contributed by atoms with van der Waals surface area (Å²) >= 11 is 3.49. The summed E-state index contributed by atoms with van der Waals surface area (Å²) < 4.78 is 2.15. The fourth-order valence-electron chi connectivity index (χ4n) is 3.70. The van der Waals surface area contributed by atoms with E-state index in [2.05, 4.69) is 38.2 Å². The number of fused-ring (bicyclic) bond motifs is 1. The van der Waals surface area contributed by atoms with Gasteiger partial charge in [0.05, 0.1) is 11.9 Å². The third kappa shape index (κ3) is 2.09. The summed E-state index contributed by atoms with van der Waals surface area (Å²) in [5.74, 6) is 1.39. The molecule has 0 bridgehead atoms. The summed E-state index contributed by atoms with van der Waals surface area (Å²) in [6.45, 7) is 7.97. The molecule has 3 atom stereocenters. The zero-order chi connectivity index (χ0) is 14.3. The van der Waals surface area contributed by atoms with Gasteiger partial charge >= 0.3 is 0 Å². The van der Waals surface area contributed by atoms with Crippen molar-refractivity contribution in [2.24, 2.45) is 11.8 Å². The number of halogens is 1. The highest BCUT2D eigenvalue weighted by atomic mass is 79.9. The molecule has 2 aliphatic heterocycles. The normalized spacial score (nSPS) is 28.9. The van der Waals surface area contributed by atoms with E-state index in [4.69, 9.17) is 0 Å². The zero-order valence-electron chi connectivity index (χ0n) is 12.0. The van der Waals surface area contributed by atoms with E-state index in [0.29, 0.717) is 28.9 Å². The van der Waals surface area contributed by atoms with Crippen LogP contribution in [0.3, 0.4) is 0 Å². The Morgan fingerprint density at radius 2 is 2.25 bits per heavy atom. The third-order valence-electron chi connectivity index (χ3n) is 4.71. The highest BCUT2D eigenvalue weighted by molar-refractivity contribution is 9.10. The van der Waals surface area contributed by atoms with E-state index < -0.39 is 0 Å². The van der Waals surface area contributed by atoms with Crippen molar-refractivity contribution < 1.29 is 0 Å². The fraction of sp³-hybridized carbons (Fsp3) is 0.714. The van der Waals surface area contributed by atoms with Gasteiger partial charge in [-0.2, -0.15) is 5.10 Å². The Morgan fingerprint density at radius 3 is 2.95 bits per heavy atom. The number of nitrogens with one attached hydrogen (secondary N) is 1. The van der Waals surface area contributed by atoms with Gasteiger partial charge in [0, 0.05) is 32.2 Å². The highest BCUT2D eigenvalue weighted by Gasteiger charge is 2.43. The van der Waals surface area contributed by atoms with Crippen LogP contribution in [0.25, 0.3) is 0 Å². The van der Waals surface area contributed by atoms with Gasteiger partial charge in [-0.1, -0.05) is 6.92 Å². The molecule has 0 radical (unpaired) electrons. The van der Waals surface area contributed by atoms with E-state index in [1.54, 1.807) is 0 Å². The van der Waals surface area contributed by atoms with Crippen LogP contribution in [0.15, 0.2) is 15.5 Å². The molecule has 5 nitrogen and oxygen atoms in total. The summed E-state index contributed by atoms with van der Waals surface area (Å²) in [6.07, 6.45) is 2.94. The largest absolute Gasteiger partial charge is 0.366 e. The number of aromatic nitrogens is 2. The fourth-order valence-corrected chi connectivity index (χ4v) is 4.24. The van der Waals surface area contributed by atoms with Gasteiger partial charge in [0.15, 0.2) is 0 Å². The SMILES string of the molecule is CCC1C2CNCC2CN1c1cnn(CC)c(=O)c1Br. The second-order valence-electron chi connectivity index (χ2n) is 5.67. The van der Waals surface area contributed by atoms with Crippen LogP contribution in [0.2, 0.25) is 0 Å². The lowest BCUT2D eigenvalue weighted by molar-refractivity contribution is 0.441. The lowest BCUT2D eigenvalue weighted by atomic mass is 9.93. The standard InChI is InChI=1S/C14H21BrN4O/c1-3-11-10-6-16-5-9(10)8-18(11)12-7-17-19(4-2)14(20)13(12)15/h7,9-11,16H,3-6,8H2,1-2H3. The van der Waals surface area contributed by atoms with Gasteiger partial charge in [0.1, 0.15) is 4.47 Å². The molecular weight excluding hydrogens is 320 g/mol. The van der Waals surface area contributed by atoms with Crippen molar-refractivity contribution in [2.45, 2.75) is 32.9 Å². The van der Waals surface area contributed by atoms with Crippen molar-refractivity contribution in [1.82, 2.24) is 15.1 Å². The minimum absolute atomic E-state index is 0.0324. The van der Waals surface area contributed by atoms with E-state index in [1.165, 1.54) is 4.68 Å². The van der Waals surface area contributed by atoms with E-state index in [9.17, 15) is 4.79 Å².